The van der Waals surface area contributed by atoms with Crippen LogP contribution in [0.3, 0.4) is 0 Å². The second kappa shape index (κ2) is 12.5. The molecule has 0 spiro atoms. The molecule has 0 atom stereocenters. The van der Waals surface area contributed by atoms with E-state index in [9.17, 15) is 13.2 Å². The summed E-state index contributed by atoms with van der Waals surface area (Å²) in [6.07, 6.45) is 1.50. The molecule has 9 heteroatoms. The fourth-order valence-electron chi connectivity index (χ4n) is 4.14. The average Bonchev–Trinajstić information content (AvgIpc) is 2.93. The number of nitrogens with zero attached hydrogens (tertiary/aromatic N) is 3. The number of anilines is 1. The van der Waals surface area contributed by atoms with Gasteiger partial charge in [-0.2, -0.15) is 5.10 Å². The SMILES string of the molecule is CCOc1ccc(N(CC(=O)NN=C2CCN(Cc3ccccc3)CC2)S(=O)(=O)c2ccccc2)cc1. The fourth-order valence-corrected chi connectivity index (χ4v) is 5.58. The zero-order valence-corrected chi connectivity index (χ0v) is 21.7. The minimum Gasteiger partial charge on any atom is -0.494 e. The summed E-state index contributed by atoms with van der Waals surface area (Å²) in [6, 6.07) is 25.0. The third-order valence-corrected chi connectivity index (χ3v) is 7.86. The molecule has 0 saturated carbocycles. The lowest BCUT2D eigenvalue weighted by Crippen LogP contribution is -2.40. The highest BCUT2D eigenvalue weighted by molar-refractivity contribution is 7.92. The summed E-state index contributed by atoms with van der Waals surface area (Å²) in [5, 5.41) is 4.31. The van der Waals surface area contributed by atoms with Crippen molar-refractivity contribution in [3.8, 4) is 5.75 Å². The highest BCUT2D eigenvalue weighted by Gasteiger charge is 2.27. The average molecular weight is 521 g/mol. The van der Waals surface area contributed by atoms with Crippen LogP contribution in [0.4, 0.5) is 5.69 Å². The van der Waals surface area contributed by atoms with Gasteiger partial charge in [-0.1, -0.05) is 48.5 Å². The lowest BCUT2D eigenvalue weighted by atomic mass is 10.1. The molecular weight excluding hydrogens is 488 g/mol. The van der Waals surface area contributed by atoms with Crippen molar-refractivity contribution in [2.45, 2.75) is 31.2 Å². The Morgan fingerprint density at radius 1 is 0.946 bits per heavy atom. The van der Waals surface area contributed by atoms with Gasteiger partial charge in [0.25, 0.3) is 15.9 Å². The number of rotatable bonds is 10. The van der Waals surface area contributed by atoms with Crippen molar-refractivity contribution in [1.29, 1.82) is 0 Å². The van der Waals surface area contributed by atoms with Gasteiger partial charge in [0.15, 0.2) is 0 Å². The first kappa shape index (κ1) is 26.4. The summed E-state index contributed by atoms with van der Waals surface area (Å²) in [5.74, 6) is 0.116. The van der Waals surface area contributed by atoms with E-state index in [1.54, 1.807) is 42.5 Å². The van der Waals surface area contributed by atoms with Gasteiger partial charge in [-0.15, -0.1) is 0 Å². The van der Waals surface area contributed by atoms with Crippen LogP contribution in [0.5, 0.6) is 5.75 Å². The molecule has 0 bridgehead atoms. The van der Waals surface area contributed by atoms with Gasteiger partial charge in [-0.25, -0.2) is 13.8 Å². The van der Waals surface area contributed by atoms with Gasteiger partial charge in [-0.05, 0) is 48.9 Å². The van der Waals surface area contributed by atoms with Crippen molar-refractivity contribution in [2.24, 2.45) is 5.10 Å². The molecule has 37 heavy (non-hydrogen) atoms. The number of carbonyl (C=O) groups is 1. The maximum Gasteiger partial charge on any atom is 0.264 e. The molecule has 1 N–H and O–H groups in total. The molecule has 194 valence electrons. The van der Waals surface area contributed by atoms with Crippen LogP contribution in [0.25, 0.3) is 0 Å². The van der Waals surface area contributed by atoms with E-state index in [-0.39, 0.29) is 4.90 Å². The number of ether oxygens (including phenoxy) is 1. The molecule has 3 aromatic rings. The van der Waals surface area contributed by atoms with E-state index in [0.717, 1.165) is 42.5 Å². The van der Waals surface area contributed by atoms with Gasteiger partial charge in [0, 0.05) is 38.2 Å². The van der Waals surface area contributed by atoms with Gasteiger partial charge in [0.1, 0.15) is 12.3 Å². The van der Waals surface area contributed by atoms with Crippen molar-refractivity contribution >= 4 is 27.3 Å². The monoisotopic (exact) mass is 520 g/mol. The zero-order valence-electron chi connectivity index (χ0n) is 20.9. The van der Waals surface area contributed by atoms with Crippen LogP contribution in [0.1, 0.15) is 25.3 Å². The van der Waals surface area contributed by atoms with Crippen molar-refractivity contribution < 1.29 is 17.9 Å². The molecule has 1 saturated heterocycles. The maximum atomic E-state index is 13.4. The third kappa shape index (κ3) is 7.18. The molecule has 8 nitrogen and oxygen atoms in total. The minimum absolute atomic E-state index is 0.105. The zero-order chi connectivity index (χ0) is 26.1. The summed E-state index contributed by atoms with van der Waals surface area (Å²) >= 11 is 0. The number of carbonyl (C=O) groups excluding carboxylic acids is 1. The molecule has 1 fully saturated rings. The maximum absolute atomic E-state index is 13.4. The molecule has 0 radical (unpaired) electrons. The van der Waals surface area contributed by atoms with Crippen LogP contribution < -0.4 is 14.5 Å². The van der Waals surface area contributed by atoms with E-state index < -0.39 is 22.5 Å². The summed E-state index contributed by atoms with van der Waals surface area (Å²) < 4.78 is 33.5. The van der Waals surface area contributed by atoms with Crippen LogP contribution in [-0.4, -0.2) is 51.2 Å². The number of likely N-dealkylation sites (tertiary alicyclic amines) is 1. The smallest absolute Gasteiger partial charge is 0.264 e. The molecule has 0 unspecified atom stereocenters. The van der Waals surface area contributed by atoms with Crippen molar-refractivity contribution in [3.05, 3.63) is 90.5 Å². The van der Waals surface area contributed by atoms with Crippen molar-refractivity contribution in [3.63, 3.8) is 0 Å². The Kier molecular flexibility index (Phi) is 8.92. The highest BCUT2D eigenvalue weighted by Crippen LogP contribution is 2.25. The molecule has 1 amide bonds. The number of nitrogens with one attached hydrogen (secondary N) is 1. The van der Waals surface area contributed by atoms with Crippen LogP contribution in [0, 0.1) is 0 Å². The number of hydrogen-bond acceptors (Lipinski definition) is 6. The Labute approximate surface area is 218 Å². The van der Waals surface area contributed by atoms with Gasteiger partial charge < -0.3 is 4.74 Å². The van der Waals surface area contributed by atoms with E-state index in [1.807, 2.05) is 25.1 Å². The Hall–Kier alpha value is -3.69. The van der Waals surface area contributed by atoms with Crippen LogP contribution in [-0.2, 0) is 21.4 Å². The lowest BCUT2D eigenvalue weighted by molar-refractivity contribution is -0.119. The second-order valence-electron chi connectivity index (χ2n) is 8.73. The van der Waals surface area contributed by atoms with Gasteiger partial charge in [-0.3, -0.25) is 14.0 Å². The molecule has 1 heterocycles. The Balaban J connectivity index is 1.42. The van der Waals surface area contributed by atoms with E-state index in [0.29, 0.717) is 18.0 Å². The molecule has 0 aromatic heterocycles. The minimum atomic E-state index is -3.98. The van der Waals surface area contributed by atoms with E-state index in [4.69, 9.17) is 4.74 Å². The fraction of sp³-hybridized carbons (Fsp3) is 0.286. The quantitative estimate of drug-likeness (QED) is 0.407. The van der Waals surface area contributed by atoms with Crippen LogP contribution >= 0.6 is 0 Å². The number of hydrazone groups is 1. The summed E-state index contributed by atoms with van der Waals surface area (Å²) in [7, 11) is -3.98. The predicted molar refractivity (Wildman–Crippen MR) is 145 cm³/mol. The van der Waals surface area contributed by atoms with Gasteiger partial charge >= 0.3 is 0 Å². The molecular formula is C28H32N4O4S. The Morgan fingerprint density at radius 2 is 1.57 bits per heavy atom. The lowest BCUT2D eigenvalue weighted by Gasteiger charge is -2.27. The van der Waals surface area contributed by atoms with E-state index >= 15 is 0 Å². The first-order valence-electron chi connectivity index (χ1n) is 12.4. The van der Waals surface area contributed by atoms with Gasteiger partial charge in [0.2, 0.25) is 0 Å². The first-order valence-corrected chi connectivity index (χ1v) is 13.8. The molecule has 0 aliphatic carbocycles. The number of benzene rings is 3. The predicted octanol–water partition coefficient (Wildman–Crippen LogP) is 4.05. The topological polar surface area (TPSA) is 91.3 Å². The van der Waals surface area contributed by atoms with Crippen molar-refractivity contribution in [2.75, 3.05) is 30.5 Å². The first-order chi connectivity index (χ1) is 18.0. The standard InChI is InChI=1S/C28H32N4O4S/c1-2-36-26-15-13-25(14-16-26)32(37(34,35)27-11-7-4-8-12-27)22-28(33)30-29-24-17-19-31(20-18-24)21-23-9-5-3-6-10-23/h3-16H,2,17-22H2,1H3,(H,30,33). The molecule has 4 rings (SSSR count). The largest absolute Gasteiger partial charge is 0.494 e. The second-order valence-corrected chi connectivity index (χ2v) is 10.6. The van der Waals surface area contributed by atoms with Gasteiger partial charge in [0.05, 0.1) is 17.2 Å². The van der Waals surface area contributed by atoms with Crippen LogP contribution in [0.2, 0.25) is 0 Å². The van der Waals surface area contributed by atoms with E-state index in [1.165, 1.54) is 17.7 Å². The molecule has 3 aromatic carbocycles. The normalized spacial score (nSPS) is 14.1. The highest BCUT2D eigenvalue weighted by atomic mass is 32.2. The third-order valence-electron chi connectivity index (χ3n) is 6.08. The number of sulfonamides is 1. The number of piperidine rings is 1. The van der Waals surface area contributed by atoms with E-state index in [2.05, 4.69) is 27.6 Å². The molecule has 1 aliphatic rings. The Bertz CT molecular complexity index is 1290. The number of hydrogen-bond donors (Lipinski definition) is 1. The summed E-state index contributed by atoms with van der Waals surface area (Å²) in [6.45, 7) is 4.56. The Morgan fingerprint density at radius 3 is 2.19 bits per heavy atom. The summed E-state index contributed by atoms with van der Waals surface area (Å²) in [5.41, 5.74) is 5.11. The summed E-state index contributed by atoms with van der Waals surface area (Å²) in [4.78, 5) is 15.3. The number of amides is 1. The van der Waals surface area contributed by atoms with Crippen LogP contribution in [0.15, 0.2) is 94.9 Å². The van der Waals surface area contributed by atoms with Crippen molar-refractivity contribution in [1.82, 2.24) is 10.3 Å². The molecule has 1 aliphatic heterocycles.